The third-order valence-corrected chi connectivity index (χ3v) is 8.89. The van der Waals surface area contributed by atoms with Crippen molar-refractivity contribution in [3.05, 3.63) is 115 Å². The van der Waals surface area contributed by atoms with Crippen LogP contribution in [-0.4, -0.2) is 33.7 Å². The van der Waals surface area contributed by atoms with Gasteiger partial charge in [0.05, 0.1) is 16.8 Å². The Morgan fingerprint density at radius 3 is 2.19 bits per heavy atom. The van der Waals surface area contributed by atoms with Gasteiger partial charge in [-0.15, -0.1) is 22.7 Å². The Bertz CT molecular complexity index is 1400. The number of nitrogens with zero attached hydrogens (tertiary/aromatic N) is 1. The monoisotopic (exact) mass is 535 g/mol. The molecule has 1 aliphatic rings. The maximum absolute atomic E-state index is 14.1. The second-order valence-corrected chi connectivity index (χ2v) is 11.1. The molecule has 1 saturated heterocycles. The van der Waals surface area contributed by atoms with Crippen molar-refractivity contribution in [3.8, 4) is 0 Å². The second kappa shape index (κ2) is 10.0. The predicted molar refractivity (Wildman–Crippen MR) is 142 cm³/mol. The van der Waals surface area contributed by atoms with E-state index < -0.39 is 35.8 Å². The van der Waals surface area contributed by atoms with Crippen molar-refractivity contribution in [2.24, 2.45) is 5.92 Å². The van der Waals surface area contributed by atoms with Gasteiger partial charge < -0.3 is 10.0 Å². The number of Topliss-reactive ketones (excluding diaryl/α,β-unsaturated/α-hetero) is 1. The van der Waals surface area contributed by atoms with Gasteiger partial charge in [0.15, 0.2) is 5.78 Å². The molecule has 1 aliphatic heterocycles. The molecular formula is C28H22ClNO4S2. The van der Waals surface area contributed by atoms with Crippen LogP contribution in [0.1, 0.15) is 48.0 Å². The van der Waals surface area contributed by atoms with Gasteiger partial charge in [0, 0.05) is 21.4 Å². The molecule has 1 fully saturated rings. The molecular weight excluding hydrogens is 514 g/mol. The maximum atomic E-state index is 14.1. The molecule has 2 aromatic heterocycles. The molecule has 3 heterocycles. The highest BCUT2D eigenvalue weighted by Crippen LogP contribution is 2.53. The Morgan fingerprint density at radius 1 is 0.889 bits per heavy atom. The first kappa shape index (κ1) is 24.4. The van der Waals surface area contributed by atoms with Crippen molar-refractivity contribution < 1.29 is 19.5 Å². The van der Waals surface area contributed by atoms with Crippen LogP contribution in [0.5, 0.6) is 0 Å². The summed E-state index contributed by atoms with van der Waals surface area (Å²) in [7, 11) is 0. The minimum atomic E-state index is -1.25. The van der Waals surface area contributed by atoms with Crippen molar-refractivity contribution in [2.45, 2.75) is 24.9 Å². The van der Waals surface area contributed by atoms with Gasteiger partial charge in [-0.25, -0.2) is 4.79 Å². The molecule has 2 aromatic carbocycles. The van der Waals surface area contributed by atoms with Crippen LogP contribution in [0.2, 0.25) is 5.02 Å². The van der Waals surface area contributed by atoms with E-state index in [4.69, 9.17) is 11.6 Å². The fourth-order valence-electron chi connectivity index (χ4n) is 5.11. The van der Waals surface area contributed by atoms with E-state index in [1.54, 1.807) is 66.7 Å². The van der Waals surface area contributed by atoms with Crippen LogP contribution in [0, 0.1) is 12.8 Å². The highest BCUT2D eigenvalue weighted by molar-refractivity contribution is 7.12. The SMILES string of the molecule is Cc1ccsc1C1C(C(=O)c2cccs2)C(c2ccc(Cl)cc2)C(C(=O)O)N1C(=O)c1ccccc1. The standard InChI is InChI=1S/C28H22ClNO4S2/c1-16-13-15-36-26(16)23-22(25(31)20-8-5-14-35-20)21(17-9-11-19(29)12-10-17)24(28(33)34)30(23)27(32)18-6-3-2-4-7-18/h2-15,21-24H,1H3,(H,33,34). The number of halogens is 1. The summed E-state index contributed by atoms with van der Waals surface area (Å²) in [5.74, 6) is -3.30. The fraction of sp³-hybridized carbons (Fsp3) is 0.179. The van der Waals surface area contributed by atoms with Gasteiger partial charge in [0.2, 0.25) is 0 Å². The van der Waals surface area contributed by atoms with E-state index in [0.29, 0.717) is 21.0 Å². The first-order chi connectivity index (χ1) is 17.4. The quantitative estimate of drug-likeness (QED) is 0.279. The number of carboxylic acid groups (broad SMARTS) is 1. The van der Waals surface area contributed by atoms with Crippen LogP contribution in [0.4, 0.5) is 0 Å². The first-order valence-corrected chi connectivity index (χ1v) is 13.5. The third kappa shape index (κ3) is 4.28. The van der Waals surface area contributed by atoms with Crippen LogP contribution < -0.4 is 0 Å². The number of likely N-dealkylation sites (tertiary alicyclic amines) is 1. The number of aliphatic carboxylic acids is 1. The van der Waals surface area contributed by atoms with E-state index in [2.05, 4.69) is 0 Å². The molecule has 36 heavy (non-hydrogen) atoms. The Kier molecular flexibility index (Phi) is 6.79. The topological polar surface area (TPSA) is 74.7 Å². The zero-order valence-electron chi connectivity index (χ0n) is 19.2. The largest absolute Gasteiger partial charge is 0.480 e. The highest BCUT2D eigenvalue weighted by Gasteiger charge is 2.58. The summed E-state index contributed by atoms with van der Waals surface area (Å²) in [6.07, 6.45) is 0. The lowest BCUT2D eigenvalue weighted by Gasteiger charge is -2.30. The van der Waals surface area contributed by atoms with Crippen LogP contribution in [0.3, 0.4) is 0 Å². The van der Waals surface area contributed by atoms with E-state index in [0.717, 1.165) is 10.4 Å². The summed E-state index contributed by atoms with van der Waals surface area (Å²) >= 11 is 8.90. The number of benzene rings is 2. The van der Waals surface area contributed by atoms with Gasteiger partial charge in [0.25, 0.3) is 5.91 Å². The lowest BCUT2D eigenvalue weighted by atomic mass is 9.78. The van der Waals surface area contributed by atoms with Crippen LogP contribution >= 0.6 is 34.3 Å². The number of carbonyl (C=O) groups excluding carboxylic acids is 2. The smallest absolute Gasteiger partial charge is 0.327 e. The van der Waals surface area contributed by atoms with Gasteiger partial charge in [-0.3, -0.25) is 9.59 Å². The lowest BCUT2D eigenvalue weighted by Crippen LogP contribution is -2.43. The van der Waals surface area contributed by atoms with Crippen LogP contribution in [0.15, 0.2) is 83.6 Å². The average Bonchev–Trinajstić information content (AvgIpc) is 3.63. The summed E-state index contributed by atoms with van der Waals surface area (Å²) in [6, 6.07) is 19.0. The van der Waals surface area contributed by atoms with E-state index in [1.165, 1.54) is 27.6 Å². The minimum Gasteiger partial charge on any atom is -0.480 e. The molecule has 0 radical (unpaired) electrons. The van der Waals surface area contributed by atoms with E-state index in [1.807, 2.05) is 23.8 Å². The summed E-state index contributed by atoms with van der Waals surface area (Å²) in [5, 5.41) is 14.8. The highest BCUT2D eigenvalue weighted by atomic mass is 35.5. The molecule has 4 aromatic rings. The summed E-state index contributed by atoms with van der Waals surface area (Å²) < 4.78 is 0. The predicted octanol–water partition coefficient (Wildman–Crippen LogP) is 6.70. The van der Waals surface area contributed by atoms with Gasteiger partial charge in [-0.2, -0.15) is 0 Å². The number of hydrogen-bond donors (Lipinski definition) is 1. The molecule has 5 rings (SSSR count). The van der Waals surface area contributed by atoms with Crippen molar-refractivity contribution >= 4 is 51.9 Å². The summed E-state index contributed by atoms with van der Waals surface area (Å²) in [5.41, 5.74) is 1.95. The molecule has 1 amide bonds. The fourth-order valence-corrected chi connectivity index (χ4v) is 7.02. The molecule has 4 atom stereocenters. The van der Waals surface area contributed by atoms with Gasteiger partial charge in [0.1, 0.15) is 6.04 Å². The van der Waals surface area contributed by atoms with Gasteiger partial charge in [-0.1, -0.05) is 48.0 Å². The summed E-state index contributed by atoms with van der Waals surface area (Å²) in [4.78, 5) is 43.8. The summed E-state index contributed by atoms with van der Waals surface area (Å²) in [6.45, 7) is 1.93. The maximum Gasteiger partial charge on any atom is 0.327 e. The average molecular weight is 536 g/mol. The van der Waals surface area contributed by atoms with Gasteiger partial charge >= 0.3 is 5.97 Å². The zero-order chi connectivity index (χ0) is 25.4. The Morgan fingerprint density at radius 2 is 1.61 bits per heavy atom. The van der Waals surface area contributed by atoms with Crippen LogP contribution in [-0.2, 0) is 4.79 Å². The lowest BCUT2D eigenvalue weighted by molar-refractivity contribution is -0.142. The Hall–Kier alpha value is -3.26. The normalized spacial score (nSPS) is 21.4. The number of carbonyl (C=O) groups is 3. The van der Waals surface area contributed by atoms with E-state index in [9.17, 15) is 19.5 Å². The molecule has 1 N–H and O–H groups in total. The van der Waals surface area contributed by atoms with Gasteiger partial charge in [-0.05, 0) is 65.2 Å². The van der Waals surface area contributed by atoms with Crippen molar-refractivity contribution in [1.82, 2.24) is 4.90 Å². The van der Waals surface area contributed by atoms with Crippen molar-refractivity contribution in [1.29, 1.82) is 0 Å². The van der Waals surface area contributed by atoms with E-state index >= 15 is 0 Å². The van der Waals surface area contributed by atoms with Crippen molar-refractivity contribution in [3.63, 3.8) is 0 Å². The molecule has 0 spiro atoms. The number of hydrogen-bond acceptors (Lipinski definition) is 5. The number of rotatable bonds is 6. The number of thiophene rings is 2. The van der Waals surface area contributed by atoms with Crippen LogP contribution in [0.25, 0.3) is 0 Å². The van der Waals surface area contributed by atoms with E-state index in [-0.39, 0.29) is 5.78 Å². The Balaban J connectivity index is 1.77. The number of amides is 1. The molecule has 4 unspecified atom stereocenters. The number of aryl methyl sites for hydroxylation is 1. The third-order valence-electron chi connectivity index (χ3n) is 6.67. The Labute approximate surface area is 221 Å². The molecule has 0 bridgehead atoms. The number of ketones is 1. The molecule has 8 heteroatoms. The zero-order valence-corrected chi connectivity index (χ0v) is 21.6. The minimum absolute atomic E-state index is 0.169. The molecule has 182 valence electrons. The molecule has 5 nitrogen and oxygen atoms in total. The first-order valence-electron chi connectivity index (χ1n) is 11.4. The number of carboxylic acids is 1. The molecule has 0 saturated carbocycles. The molecule has 0 aliphatic carbocycles. The second-order valence-electron chi connectivity index (χ2n) is 8.72. The van der Waals surface area contributed by atoms with Crippen molar-refractivity contribution in [2.75, 3.05) is 0 Å².